The number of esters is 1. The van der Waals surface area contributed by atoms with E-state index in [1.54, 1.807) is 6.21 Å². The molecule has 3 saturated carbocycles. The summed E-state index contributed by atoms with van der Waals surface area (Å²) in [4.78, 5) is 23.9. The number of hydrogen-bond donors (Lipinski definition) is 1. The first kappa shape index (κ1) is 17.7. The molecule has 5 nitrogen and oxygen atoms in total. The van der Waals surface area contributed by atoms with Crippen molar-refractivity contribution in [3.63, 3.8) is 0 Å². The van der Waals surface area contributed by atoms with E-state index in [-0.39, 0.29) is 22.9 Å². The Morgan fingerprint density at radius 2 is 2.12 bits per heavy atom. The van der Waals surface area contributed by atoms with E-state index in [9.17, 15) is 14.8 Å². The van der Waals surface area contributed by atoms with Crippen LogP contribution in [0.15, 0.2) is 16.8 Å². The summed E-state index contributed by atoms with van der Waals surface area (Å²) >= 11 is 0. The minimum absolute atomic E-state index is 0.0718. The molecular formula is C21H29NO4. The lowest BCUT2D eigenvalue weighted by molar-refractivity contribution is -0.148. The Hall–Kier alpha value is -1.65. The Morgan fingerprint density at radius 1 is 1.31 bits per heavy atom. The summed E-state index contributed by atoms with van der Waals surface area (Å²) in [7, 11) is 0. The molecule has 4 aliphatic rings. The summed E-state index contributed by atoms with van der Waals surface area (Å²) in [5.41, 5.74) is 0.877. The van der Waals surface area contributed by atoms with E-state index in [1.807, 2.05) is 0 Å². The van der Waals surface area contributed by atoms with Crippen LogP contribution in [-0.2, 0) is 14.3 Å². The number of nitrogens with zero attached hydrogens (tertiary/aromatic N) is 1. The highest BCUT2D eigenvalue weighted by Crippen LogP contribution is 2.63. The van der Waals surface area contributed by atoms with Gasteiger partial charge in [-0.2, -0.15) is 0 Å². The first-order valence-electron chi connectivity index (χ1n) is 9.99. The first-order chi connectivity index (χ1) is 12.4. The molecule has 4 rings (SSSR count). The molecule has 0 heterocycles. The number of carbonyl (C=O) groups is 2. The van der Waals surface area contributed by atoms with Crippen LogP contribution in [0, 0.1) is 28.6 Å². The second-order valence-electron chi connectivity index (χ2n) is 9.02. The fraction of sp³-hybridized carbons (Fsp3) is 0.762. The third kappa shape index (κ3) is 2.46. The molecule has 0 saturated heterocycles. The van der Waals surface area contributed by atoms with Crippen molar-refractivity contribution in [1.82, 2.24) is 0 Å². The molecule has 0 amide bonds. The van der Waals surface area contributed by atoms with Gasteiger partial charge in [-0.25, -0.2) is 0 Å². The molecule has 0 aromatic carbocycles. The minimum atomic E-state index is -0.235. The number of Topliss-reactive ketones (excluding diaryl/α,β-unsaturated/α-hetero) is 1. The van der Waals surface area contributed by atoms with Gasteiger partial charge >= 0.3 is 5.97 Å². The lowest BCUT2D eigenvalue weighted by Gasteiger charge is -2.56. The quantitative estimate of drug-likeness (QED) is 0.267. The Bertz CT molecular complexity index is 683. The summed E-state index contributed by atoms with van der Waals surface area (Å²) < 4.78 is 5.47. The maximum atomic E-state index is 12.5. The number of ether oxygens (including phenoxy) is 1. The van der Waals surface area contributed by atoms with Crippen LogP contribution in [0.3, 0.4) is 0 Å². The molecule has 0 aromatic rings. The average molecular weight is 359 g/mol. The Balaban J connectivity index is 1.67. The van der Waals surface area contributed by atoms with E-state index in [4.69, 9.17) is 4.74 Å². The van der Waals surface area contributed by atoms with Gasteiger partial charge in [-0.15, -0.1) is 5.16 Å². The van der Waals surface area contributed by atoms with Crippen molar-refractivity contribution in [3.8, 4) is 0 Å². The van der Waals surface area contributed by atoms with Gasteiger partial charge in [0.15, 0.2) is 0 Å². The average Bonchev–Trinajstić information content (AvgIpc) is 2.90. The molecule has 142 valence electrons. The van der Waals surface area contributed by atoms with E-state index in [0.29, 0.717) is 23.5 Å². The smallest absolute Gasteiger partial charge is 0.302 e. The second-order valence-corrected chi connectivity index (χ2v) is 9.02. The molecule has 26 heavy (non-hydrogen) atoms. The van der Waals surface area contributed by atoms with Gasteiger partial charge in [-0.3, -0.25) is 9.59 Å². The summed E-state index contributed by atoms with van der Waals surface area (Å²) in [5, 5.41) is 12.9. The molecule has 4 aliphatic carbocycles. The van der Waals surface area contributed by atoms with Gasteiger partial charge in [-0.1, -0.05) is 18.6 Å². The Kier molecular flexibility index (Phi) is 4.24. The molecule has 3 fully saturated rings. The van der Waals surface area contributed by atoms with Crippen LogP contribution in [0.4, 0.5) is 0 Å². The van der Waals surface area contributed by atoms with Crippen LogP contribution in [0.5, 0.6) is 0 Å². The van der Waals surface area contributed by atoms with E-state index >= 15 is 0 Å². The summed E-state index contributed by atoms with van der Waals surface area (Å²) in [6.45, 7) is 3.63. The highest BCUT2D eigenvalue weighted by molar-refractivity contribution is 5.87. The number of oxime groups is 1. The number of fused-ring (bicyclic) bond motifs is 5. The van der Waals surface area contributed by atoms with E-state index in [0.717, 1.165) is 51.4 Å². The van der Waals surface area contributed by atoms with Crippen molar-refractivity contribution in [2.45, 2.75) is 71.3 Å². The molecular weight excluding hydrogens is 330 g/mol. The normalized spacial score (nSPS) is 44.8. The van der Waals surface area contributed by atoms with Crippen LogP contribution in [0.25, 0.3) is 0 Å². The zero-order valence-electron chi connectivity index (χ0n) is 15.7. The first-order valence-corrected chi connectivity index (χ1v) is 9.99. The largest absolute Gasteiger partial charge is 0.462 e. The number of allylic oxidation sites excluding steroid dienone is 1. The molecule has 6 atom stereocenters. The zero-order valence-corrected chi connectivity index (χ0v) is 15.7. The van der Waals surface area contributed by atoms with Gasteiger partial charge in [0.2, 0.25) is 0 Å². The van der Waals surface area contributed by atoms with Crippen LogP contribution < -0.4 is 0 Å². The monoisotopic (exact) mass is 359 g/mol. The Labute approximate surface area is 154 Å². The highest BCUT2D eigenvalue weighted by Gasteiger charge is 2.59. The van der Waals surface area contributed by atoms with E-state index in [2.05, 4.69) is 18.2 Å². The van der Waals surface area contributed by atoms with Gasteiger partial charge in [0.1, 0.15) is 11.9 Å². The number of carbonyl (C=O) groups excluding carboxylic acids is 2. The molecule has 0 spiro atoms. The maximum absolute atomic E-state index is 12.5. The topological polar surface area (TPSA) is 76.0 Å². The molecule has 0 aromatic heterocycles. The second kappa shape index (κ2) is 6.21. The summed E-state index contributed by atoms with van der Waals surface area (Å²) in [6, 6.07) is 0. The van der Waals surface area contributed by atoms with Gasteiger partial charge in [0.05, 0.1) is 6.21 Å². The molecule has 6 unspecified atom stereocenters. The molecule has 1 N–H and O–H groups in total. The predicted octanol–water partition coefficient (Wildman–Crippen LogP) is 3.89. The van der Waals surface area contributed by atoms with Crippen molar-refractivity contribution in [3.05, 3.63) is 11.6 Å². The summed E-state index contributed by atoms with van der Waals surface area (Å²) in [6.07, 6.45) is 11.0. The summed E-state index contributed by atoms with van der Waals surface area (Å²) in [5.74, 6) is 1.55. The lowest BCUT2D eigenvalue weighted by Crippen LogP contribution is -2.52. The van der Waals surface area contributed by atoms with E-state index in [1.165, 1.54) is 12.5 Å². The minimum Gasteiger partial charge on any atom is -0.462 e. The van der Waals surface area contributed by atoms with Crippen LogP contribution in [-0.4, -0.2) is 29.3 Å². The highest BCUT2D eigenvalue weighted by atomic mass is 16.5. The van der Waals surface area contributed by atoms with Crippen molar-refractivity contribution in [2.24, 2.45) is 33.7 Å². The van der Waals surface area contributed by atoms with E-state index < -0.39 is 0 Å². The van der Waals surface area contributed by atoms with Gasteiger partial charge < -0.3 is 9.94 Å². The van der Waals surface area contributed by atoms with Gasteiger partial charge in [0.25, 0.3) is 0 Å². The van der Waals surface area contributed by atoms with Crippen molar-refractivity contribution in [2.75, 3.05) is 0 Å². The standard InChI is InChI=1S/C21H29NO4/c1-13(23)26-15-7-10-21(12-22-25)14(11-15)3-4-16-17-5-6-19(24)20(17,2)9-8-18(16)21/h3,12,15-18,25H,4-11H2,1-2H3. The lowest BCUT2D eigenvalue weighted by atomic mass is 9.48. The molecule has 0 aliphatic heterocycles. The van der Waals surface area contributed by atoms with Crippen molar-refractivity contribution < 1.29 is 19.5 Å². The number of rotatable bonds is 2. The molecule has 0 bridgehead atoms. The third-order valence-electron chi connectivity index (χ3n) is 7.99. The fourth-order valence-corrected chi connectivity index (χ4v) is 6.78. The molecule has 5 heteroatoms. The maximum Gasteiger partial charge on any atom is 0.302 e. The molecule has 0 radical (unpaired) electrons. The third-order valence-corrected chi connectivity index (χ3v) is 7.99. The number of hydrogen-bond acceptors (Lipinski definition) is 5. The van der Waals surface area contributed by atoms with Gasteiger partial charge in [-0.05, 0) is 56.3 Å². The fourth-order valence-electron chi connectivity index (χ4n) is 6.78. The zero-order chi connectivity index (χ0) is 18.5. The van der Waals surface area contributed by atoms with Crippen LogP contribution in [0.1, 0.15) is 65.2 Å². The van der Waals surface area contributed by atoms with Crippen molar-refractivity contribution >= 4 is 18.0 Å². The number of ketones is 1. The SMILES string of the molecule is CC(=O)OC1CCC2(C=NO)C(=CCC3C4CCC(=O)C4(C)CCC32)C1. The Morgan fingerprint density at radius 3 is 2.85 bits per heavy atom. The van der Waals surface area contributed by atoms with Crippen LogP contribution in [0.2, 0.25) is 0 Å². The van der Waals surface area contributed by atoms with Gasteiger partial charge in [0, 0.05) is 30.6 Å². The van der Waals surface area contributed by atoms with Crippen molar-refractivity contribution in [1.29, 1.82) is 0 Å². The predicted molar refractivity (Wildman–Crippen MR) is 96.9 cm³/mol. The van der Waals surface area contributed by atoms with Crippen LogP contribution >= 0.6 is 0 Å².